The number of nitrogens with one attached hydrogen (secondary N) is 2. The van der Waals surface area contributed by atoms with E-state index in [1.807, 2.05) is 42.5 Å². The quantitative estimate of drug-likeness (QED) is 0.569. The van der Waals surface area contributed by atoms with E-state index in [2.05, 4.69) is 20.7 Å². The molecule has 0 radical (unpaired) electrons. The van der Waals surface area contributed by atoms with Crippen LogP contribution >= 0.6 is 0 Å². The molecule has 2 heterocycles. The third kappa shape index (κ3) is 4.93. The van der Waals surface area contributed by atoms with Gasteiger partial charge in [-0.1, -0.05) is 42.5 Å². The first-order valence-electron chi connectivity index (χ1n) is 10.7. The Kier molecular flexibility index (Phi) is 6.63. The van der Waals surface area contributed by atoms with Crippen LogP contribution in [0.5, 0.6) is 0 Å². The molecule has 1 aliphatic heterocycles. The molecule has 0 atom stereocenters. The van der Waals surface area contributed by atoms with Crippen LogP contribution in [0.4, 0.5) is 11.4 Å². The number of aromatic nitrogens is 2. The second-order valence-corrected chi connectivity index (χ2v) is 7.45. The number of hydrogen-bond donors (Lipinski definition) is 2. The number of ether oxygens (including phenoxy) is 1. The van der Waals surface area contributed by atoms with Crippen molar-refractivity contribution in [2.45, 2.75) is 20.4 Å². The maximum absolute atomic E-state index is 13.0. The molecule has 4 rings (SSSR count). The van der Waals surface area contributed by atoms with Crippen molar-refractivity contribution in [2.24, 2.45) is 4.99 Å². The largest absolute Gasteiger partial charge is 0.462 e. The van der Waals surface area contributed by atoms with E-state index in [1.165, 1.54) is 6.07 Å². The summed E-state index contributed by atoms with van der Waals surface area (Å²) in [6.45, 7) is 3.20. The van der Waals surface area contributed by atoms with E-state index in [1.54, 1.807) is 32.0 Å². The Morgan fingerprint density at radius 3 is 2.53 bits per heavy atom. The van der Waals surface area contributed by atoms with E-state index in [-0.39, 0.29) is 24.6 Å². The predicted molar refractivity (Wildman–Crippen MR) is 129 cm³/mol. The van der Waals surface area contributed by atoms with Crippen LogP contribution in [0.15, 0.2) is 87.8 Å². The number of carbonyl (C=O) groups is 2. The molecule has 9 heteroatoms. The Balaban J connectivity index is 1.64. The monoisotopic (exact) mass is 457 g/mol. The number of anilines is 1. The molecule has 34 heavy (non-hydrogen) atoms. The summed E-state index contributed by atoms with van der Waals surface area (Å²) < 4.78 is 6.25. The molecule has 0 saturated heterocycles. The zero-order chi connectivity index (χ0) is 24.1. The van der Waals surface area contributed by atoms with Crippen LogP contribution in [-0.4, -0.2) is 34.1 Å². The highest BCUT2D eigenvalue weighted by molar-refractivity contribution is 6.24. The van der Waals surface area contributed by atoms with E-state index >= 15 is 0 Å². The Hall–Kier alpha value is -4.53. The predicted octanol–water partition coefficient (Wildman–Crippen LogP) is 3.02. The smallest absolute Gasteiger partial charge is 0.343 e. The van der Waals surface area contributed by atoms with Gasteiger partial charge in [-0.05, 0) is 32.0 Å². The number of carbonyl (C=O) groups excluding carboxylic acids is 2. The second kappa shape index (κ2) is 9.95. The minimum absolute atomic E-state index is 0.0330. The molecule has 1 aromatic heterocycles. The number of rotatable bonds is 5. The van der Waals surface area contributed by atoms with Crippen molar-refractivity contribution in [2.75, 3.05) is 11.9 Å². The van der Waals surface area contributed by atoms with Gasteiger partial charge < -0.3 is 15.4 Å². The number of allylic oxidation sites excluding steroid dienone is 1. The minimum Gasteiger partial charge on any atom is -0.462 e. The summed E-state index contributed by atoms with van der Waals surface area (Å²) >= 11 is 0. The fourth-order valence-electron chi connectivity index (χ4n) is 3.47. The summed E-state index contributed by atoms with van der Waals surface area (Å²) in [6.07, 6.45) is 0. The molecule has 0 fully saturated rings. The van der Waals surface area contributed by atoms with Gasteiger partial charge in [0.15, 0.2) is 0 Å². The molecule has 3 aromatic rings. The van der Waals surface area contributed by atoms with Crippen molar-refractivity contribution >= 4 is 29.1 Å². The molecule has 1 aliphatic rings. The first-order valence-corrected chi connectivity index (χ1v) is 10.7. The highest BCUT2D eigenvalue weighted by Gasteiger charge is 2.26. The standard InChI is InChI=1S/C25H23N5O4/c1-3-34-25(33)23-16(2)26-19-11-7-8-12-20(19)27-24(23)28-21(31)15-30-22(32)14-13-18(29-30)17-9-5-4-6-10-17/h4-14,26H,3,15H2,1-2H3,(H,27,28,31). The molecule has 172 valence electrons. The highest BCUT2D eigenvalue weighted by Crippen LogP contribution is 2.30. The number of esters is 1. The fraction of sp³-hybridized carbons (Fsp3) is 0.160. The number of aliphatic imine (C=N–C) groups is 1. The van der Waals surface area contributed by atoms with E-state index in [4.69, 9.17) is 4.74 Å². The Morgan fingerprint density at radius 2 is 1.76 bits per heavy atom. The number of hydrogen-bond acceptors (Lipinski definition) is 7. The molecule has 0 aliphatic carbocycles. The fourth-order valence-corrected chi connectivity index (χ4v) is 3.47. The topological polar surface area (TPSA) is 115 Å². The van der Waals surface area contributed by atoms with E-state index in [0.29, 0.717) is 22.8 Å². The van der Waals surface area contributed by atoms with E-state index in [9.17, 15) is 14.4 Å². The molecular formula is C25H23N5O4. The lowest BCUT2D eigenvalue weighted by Gasteiger charge is -2.13. The van der Waals surface area contributed by atoms with Gasteiger partial charge in [-0.15, -0.1) is 0 Å². The summed E-state index contributed by atoms with van der Waals surface area (Å²) in [5, 5.41) is 10.1. The molecule has 0 saturated carbocycles. The molecule has 0 bridgehead atoms. The third-order valence-corrected chi connectivity index (χ3v) is 5.04. The van der Waals surface area contributed by atoms with Gasteiger partial charge >= 0.3 is 5.97 Å². The normalized spacial score (nSPS) is 12.7. The summed E-state index contributed by atoms with van der Waals surface area (Å²) in [5.74, 6) is -1.15. The van der Waals surface area contributed by atoms with Crippen molar-refractivity contribution in [3.8, 4) is 11.3 Å². The minimum atomic E-state index is -0.624. The average Bonchev–Trinajstić information content (AvgIpc) is 2.96. The summed E-state index contributed by atoms with van der Waals surface area (Å²) in [4.78, 5) is 42.5. The van der Waals surface area contributed by atoms with Crippen molar-refractivity contribution in [1.29, 1.82) is 0 Å². The lowest BCUT2D eigenvalue weighted by molar-refractivity contribution is -0.137. The van der Waals surface area contributed by atoms with Gasteiger partial charge in [0.2, 0.25) is 5.91 Å². The van der Waals surface area contributed by atoms with Crippen LogP contribution in [-0.2, 0) is 20.9 Å². The third-order valence-electron chi connectivity index (χ3n) is 5.04. The van der Waals surface area contributed by atoms with Gasteiger partial charge in [-0.3, -0.25) is 9.59 Å². The molecule has 2 aromatic carbocycles. The van der Waals surface area contributed by atoms with Gasteiger partial charge in [0.25, 0.3) is 5.56 Å². The summed E-state index contributed by atoms with van der Waals surface area (Å²) in [7, 11) is 0. The van der Waals surface area contributed by atoms with Crippen LogP contribution in [0.2, 0.25) is 0 Å². The lowest BCUT2D eigenvalue weighted by atomic mass is 10.1. The summed E-state index contributed by atoms with van der Waals surface area (Å²) in [6, 6.07) is 19.5. The number of fused-ring (bicyclic) bond motifs is 1. The molecule has 0 spiro atoms. The number of benzene rings is 2. The molecule has 1 amide bonds. The Morgan fingerprint density at radius 1 is 1.03 bits per heavy atom. The maximum Gasteiger partial charge on any atom is 0.343 e. The van der Waals surface area contributed by atoms with Gasteiger partial charge in [0, 0.05) is 17.3 Å². The van der Waals surface area contributed by atoms with Crippen molar-refractivity contribution in [3.05, 3.63) is 88.4 Å². The van der Waals surface area contributed by atoms with Crippen LogP contribution in [0.1, 0.15) is 13.8 Å². The van der Waals surface area contributed by atoms with Gasteiger partial charge in [0.05, 0.1) is 23.7 Å². The zero-order valence-electron chi connectivity index (χ0n) is 18.7. The first-order chi connectivity index (χ1) is 16.5. The van der Waals surface area contributed by atoms with Crippen molar-refractivity contribution < 1.29 is 14.3 Å². The van der Waals surface area contributed by atoms with Crippen LogP contribution < -0.4 is 16.2 Å². The molecule has 9 nitrogen and oxygen atoms in total. The van der Waals surface area contributed by atoms with Crippen LogP contribution in [0.3, 0.4) is 0 Å². The molecule has 2 N–H and O–H groups in total. The van der Waals surface area contributed by atoms with Gasteiger partial charge in [0.1, 0.15) is 18.0 Å². The number of para-hydroxylation sites is 2. The summed E-state index contributed by atoms with van der Waals surface area (Å²) in [5.41, 5.74) is 2.74. The molecular weight excluding hydrogens is 434 g/mol. The van der Waals surface area contributed by atoms with Crippen molar-refractivity contribution in [3.63, 3.8) is 0 Å². The van der Waals surface area contributed by atoms with Gasteiger partial charge in [-0.2, -0.15) is 5.10 Å². The molecule has 0 unspecified atom stereocenters. The van der Waals surface area contributed by atoms with Crippen LogP contribution in [0.25, 0.3) is 11.3 Å². The second-order valence-electron chi connectivity index (χ2n) is 7.45. The zero-order valence-corrected chi connectivity index (χ0v) is 18.7. The van der Waals surface area contributed by atoms with E-state index in [0.717, 1.165) is 10.2 Å². The van der Waals surface area contributed by atoms with Gasteiger partial charge in [-0.25, -0.2) is 14.5 Å². The Bertz CT molecular complexity index is 1360. The highest BCUT2D eigenvalue weighted by atomic mass is 16.5. The number of amides is 1. The first kappa shape index (κ1) is 22.7. The lowest BCUT2D eigenvalue weighted by Crippen LogP contribution is -2.39. The average molecular weight is 457 g/mol. The number of amidine groups is 1. The SMILES string of the molecule is CCOC(=O)C1=C(C)Nc2ccccc2N=C1NC(=O)Cn1nc(-c2ccccc2)ccc1=O. The van der Waals surface area contributed by atoms with E-state index < -0.39 is 17.4 Å². The Labute approximate surface area is 195 Å². The van der Waals surface area contributed by atoms with Crippen molar-refractivity contribution in [1.82, 2.24) is 15.1 Å². The number of nitrogens with zero attached hydrogens (tertiary/aromatic N) is 3. The van der Waals surface area contributed by atoms with Crippen LogP contribution in [0, 0.1) is 0 Å². The maximum atomic E-state index is 13.0.